The maximum Gasteiger partial charge on any atom is 0.161 e. The van der Waals surface area contributed by atoms with Gasteiger partial charge in [-0.3, -0.25) is 0 Å². The molecule has 1 nitrogen and oxygen atoms in total. The quantitative estimate of drug-likeness (QED) is 0.502. The number of halogens is 4. The average Bonchev–Trinajstić information content (AvgIpc) is 2.42. The van der Waals surface area contributed by atoms with Crippen molar-refractivity contribution in [3.05, 3.63) is 70.8 Å². The first kappa shape index (κ1) is 14.5. The van der Waals surface area contributed by atoms with Crippen molar-refractivity contribution in [3.63, 3.8) is 0 Å². The first-order valence-corrected chi connectivity index (χ1v) is 6.15. The van der Waals surface area contributed by atoms with E-state index in [1.54, 1.807) is 18.2 Å². The smallest absolute Gasteiger partial charge is 0.161 e. The zero-order valence-electron chi connectivity index (χ0n) is 10.6. The van der Waals surface area contributed by atoms with E-state index in [0.717, 1.165) is 6.07 Å². The van der Waals surface area contributed by atoms with Crippen molar-refractivity contribution < 1.29 is 17.6 Å². The average molecular weight is 283 g/mol. The lowest BCUT2D eigenvalue weighted by Gasteiger charge is -2.07. The third kappa shape index (κ3) is 3.57. The molecule has 0 aliphatic rings. The van der Waals surface area contributed by atoms with Gasteiger partial charge in [0.05, 0.1) is 0 Å². The van der Waals surface area contributed by atoms with Crippen LogP contribution < -0.4 is 5.32 Å². The van der Waals surface area contributed by atoms with Crippen molar-refractivity contribution in [2.24, 2.45) is 0 Å². The second kappa shape index (κ2) is 6.52. The Bertz CT molecular complexity index is 598. The summed E-state index contributed by atoms with van der Waals surface area (Å²) >= 11 is 0. The molecule has 0 aliphatic heterocycles. The van der Waals surface area contributed by atoms with Crippen molar-refractivity contribution in [1.29, 1.82) is 0 Å². The Kier molecular flexibility index (Phi) is 4.74. The van der Waals surface area contributed by atoms with E-state index < -0.39 is 17.5 Å². The minimum Gasteiger partial charge on any atom is -0.312 e. The van der Waals surface area contributed by atoms with Crippen molar-refractivity contribution in [1.82, 2.24) is 5.32 Å². The Labute approximate surface area is 114 Å². The number of rotatable bonds is 5. The van der Waals surface area contributed by atoms with E-state index in [-0.39, 0.29) is 17.9 Å². The highest BCUT2D eigenvalue weighted by molar-refractivity contribution is 5.20. The summed E-state index contributed by atoms with van der Waals surface area (Å²) in [6, 6.07) is 7.69. The van der Waals surface area contributed by atoms with Gasteiger partial charge in [-0.2, -0.15) is 0 Å². The second-order valence-corrected chi connectivity index (χ2v) is 4.38. The lowest BCUT2D eigenvalue weighted by Crippen LogP contribution is -2.18. The summed E-state index contributed by atoms with van der Waals surface area (Å²) in [4.78, 5) is 0. The van der Waals surface area contributed by atoms with Crippen molar-refractivity contribution in [3.8, 4) is 0 Å². The molecule has 0 aliphatic carbocycles. The zero-order chi connectivity index (χ0) is 14.5. The number of hydrogen-bond donors (Lipinski definition) is 1. The molecule has 0 spiro atoms. The summed E-state index contributed by atoms with van der Waals surface area (Å²) < 4.78 is 52.4. The van der Waals surface area contributed by atoms with Gasteiger partial charge in [0.15, 0.2) is 11.6 Å². The molecule has 0 bridgehead atoms. The predicted octanol–water partition coefficient (Wildman–Crippen LogP) is 3.58. The molecule has 0 amide bonds. The number of benzene rings is 2. The van der Waals surface area contributed by atoms with Gasteiger partial charge in [0.2, 0.25) is 0 Å². The maximum absolute atomic E-state index is 13.3. The summed E-state index contributed by atoms with van der Waals surface area (Å²) in [5, 5.41) is 2.87. The van der Waals surface area contributed by atoms with Crippen LogP contribution in [0, 0.1) is 23.3 Å². The molecule has 0 aromatic heterocycles. The van der Waals surface area contributed by atoms with Crippen LogP contribution in [-0.2, 0) is 13.0 Å². The highest BCUT2D eigenvalue weighted by Crippen LogP contribution is 2.13. The van der Waals surface area contributed by atoms with Crippen LogP contribution in [0.5, 0.6) is 0 Å². The molecule has 2 aromatic carbocycles. The fourth-order valence-electron chi connectivity index (χ4n) is 1.85. The van der Waals surface area contributed by atoms with Gasteiger partial charge in [-0.05, 0) is 30.7 Å². The fourth-order valence-corrected chi connectivity index (χ4v) is 1.85. The van der Waals surface area contributed by atoms with E-state index in [1.807, 2.05) is 0 Å². The summed E-state index contributed by atoms with van der Waals surface area (Å²) in [5.41, 5.74) is 0.586. The van der Waals surface area contributed by atoms with E-state index in [9.17, 15) is 17.6 Å². The Morgan fingerprint density at radius 3 is 2.20 bits per heavy atom. The summed E-state index contributed by atoms with van der Waals surface area (Å²) in [6.45, 7) is 0.455. The monoisotopic (exact) mass is 283 g/mol. The molecule has 5 heteroatoms. The third-order valence-electron chi connectivity index (χ3n) is 2.93. The Morgan fingerprint density at radius 2 is 1.45 bits per heavy atom. The largest absolute Gasteiger partial charge is 0.312 e. The molecule has 0 saturated carbocycles. The van der Waals surface area contributed by atoms with Crippen LogP contribution in [0.3, 0.4) is 0 Å². The Hall–Kier alpha value is -1.88. The van der Waals surface area contributed by atoms with Gasteiger partial charge in [-0.25, -0.2) is 17.6 Å². The van der Waals surface area contributed by atoms with Crippen LogP contribution in [0.2, 0.25) is 0 Å². The second-order valence-electron chi connectivity index (χ2n) is 4.38. The van der Waals surface area contributed by atoms with E-state index in [4.69, 9.17) is 0 Å². The first-order chi connectivity index (χ1) is 9.58. The molecule has 0 unspecified atom stereocenters. The highest BCUT2D eigenvalue weighted by Gasteiger charge is 2.09. The van der Waals surface area contributed by atoms with Crippen LogP contribution in [-0.4, -0.2) is 6.54 Å². The van der Waals surface area contributed by atoms with Gasteiger partial charge in [0, 0.05) is 18.2 Å². The zero-order valence-corrected chi connectivity index (χ0v) is 10.6. The molecular formula is C15H13F4N. The molecule has 0 saturated heterocycles. The molecule has 1 N–H and O–H groups in total. The summed E-state index contributed by atoms with van der Waals surface area (Å²) in [7, 11) is 0. The molecule has 0 heterocycles. The van der Waals surface area contributed by atoms with Gasteiger partial charge < -0.3 is 5.32 Å². The first-order valence-electron chi connectivity index (χ1n) is 6.15. The van der Waals surface area contributed by atoms with Crippen LogP contribution in [0.4, 0.5) is 17.6 Å². The standard InChI is InChI=1S/C15H13F4N/c16-12-4-2-1-3-10(12)5-6-20-9-11-7-14(18)15(19)8-13(11)17/h1-4,7-8,20H,5-6,9H2. The molecule has 0 fully saturated rings. The fraction of sp³-hybridized carbons (Fsp3) is 0.200. The van der Waals surface area contributed by atoms with E-state index in [0.29, 0.717) is 24.6 Å². The normalized spacial score (nSPS) is 10.8. The highest BCUT2D eigenvalue weighted by atomic mass is 19.2. The number of hydrogen-bond acceptors (Lipinski definition) is 1. The van der Waals surface area contributed by atoms with Gasteiger partial charge in [0.1, 0.15) is 11.6 Å². The predicted molar refractivity (Wildman–Crippen MR) is 68.1 cm³/mol. The SMILES string of the molecule is Fc1cc(F)c(CNCCc2ccccc2F)cc1F. The van der Waals surface area contributed by atoms with Crippen LogP contribution >= 0.6 is 0 Å². The van der Waals surface area contributed by atoms with Gasteiger partial charge in [-0.1, -0.05) is 18.2 Å². The van der Waals surface area contributed by atoms with E-state index in [2.05, 4.69) is 5.32 Å². The molecule has 2 rings (SSSR count). The number of nitrogens with one attached hydrogen (secondary N) is 1. The van der Waals surface area contributed by atoms with Crippen molar-refractivity contribution in [2.75, 3.05) is 6.54 Å². The lowest BCUT2D eigenvalue weighted by atomic mass is 10.1. The third-order valence-corrected chi connectivity index (χ3v) is 2.93. The molecule has 0 atom stereocenters. The molecule has 2 aromatic rings. The van der Waals surface area contributed by atoms with Crippen molar-refractivity contribution in [2.45, 2.75) is 13.0 Å². The minimum absolute atomic E-state index is 0.0393. The van der Waals surface area contributed by atoms with Gasteiger partial charge >= 0.3 is 0 Å². The maximum atomic E-state index is 13.3. The van der Waals surface area contributed by atoms with Gasteiger partial charge in [0.25, 0.3) is 0 Å². The molecule has 106 valence electrons. The Balaban J connectivity index is 1.88. The van der Waals surface area contributed by atoms with Gasteiger partial charge in [-0.15, -0.1) is 0 Å². The molecule has 20 heavy (non-hydrogen) atoms. The molecular weight excluding hydrogens is 270 g/mol. The summed E-state index contributed by atoms with van der Waals surface area (Å²) in [6.07, 6.45) is 0.429. The van der Waals surface area contributed by atoms with Crippen LogP contribution in [0.15, 0.2) is 36.4 Å². The van der Waals surface area contributed by atoms with E-state index in [1.165, 1.54) is 6.07 Å². The minimum atomic E-state index is -1.21. The lowest BCUT2D eigenvalue weighted by molar-refractivity contribution is 0.487. The van der Waals surface area contributed by atoms with Crippen LogP contribution in [0.25, 0.3) is 0 Å². The Morgan fingerprint density at radius 1 is 0.750 bits per heavy atom. The van der Waals surface area contributed by atoms with Crippen molar-refractivity contribution >= 4 is 0 Å². The molecule has 0 radical (unpaired) electrons. The topological polar surface area (TPSA) is 12.0 Å². The van der Waals surface area contributed by atoms with Crippen LogP contribution in [0.1, 0.15) is 11.1 Å². The van der Waals surface area contributed by atoms with E-state index >= 15 is 0 Å². The summed E-state index contributed by atoms with van der Waals surface area (Å²) in [5.74, 6) is -3.40.